The number of amides is 1. The largest absolute Gasteiger partial charge is 0.352 e. The molecule has 1 aliphatic carbocycles. The lowest BCUT2D eigenvalue weighted by atomic mass is 10.0. The lowest BCUT2D eigenvalue weighted by Gasteiger charge is -2.12. The van der Waals surface area contributed by atoms with E-state index in [9.17, 15) is 13.2 Å². The van der Waals surface area contributed by atoms with Gasteiger partial charge in [-0.25, -0.2) is 8.42 Å². The van der Waals surface area contributed by atoms with Gasteiger partial charge in [0.25, 0.3) is 5.91 Å². The number of fused-ring (bicyclic) bond motifs is 1. The van der Waals surface area contributed by atoms with Gasteiger partial charge >= 0.3 is 0 Å². The van der Waals surface area contributed by atoms with Gasteiger partial charge in [0.2, 0.25) is 0 Å². The summed E-state index contributed by atoms with van der Waals surface area (Å²) in [6, 6.07) is 9.58. The van der Waals surface area contributed by atoms with Gasteiger partial charge in [0.15, 0.2) is 9.84 Å². The zero-order valence-corrected chi connectivity index (χ0v) is 14.2. The average Bonchev–Trinajstić information content (AvgIpc) is 3.36. The maximum Gasteiger partial charge on any atom is 0.252 e. The maximum atomic E-state index is 12.7. The molecule has 5 nitrogen and oxygen atoms in total. The molecule has 2 aromatic rings. The first kappa shape index (κ1) is 15.6. The monoisotopic (exact) mass is 344 g/mol. The highest BCUT2D eigenvalue weighted by Crippen LogP contribution is 2.40. The van der Waals surface area contributed by atoms with Crippen LogP contribution in [0.2, 0.25) is 0 Å². The van der Waals surface area contributed by atoms with Gasteiger partial charge in [-0.05, 0) is 37.3 Å². The highest BCUT2D eigenvalue weighted by atomic mass is 32.2. The Bertz CT molecular complexity index is 904. The van der Waals surface area contributed by atoms with Gasteiger partial charge in [-0.2, -0.15) is 0 Å². The van der Waals surface area contributed by atoms with Crippen LogP contribution in [0.4, 0.5) is 0 Å². The Morgan fingerprint density at radius 3 is 2.71 bits per heavy atom. The molecular weight excluding hydrogens is 324 g/mol. The molecule has 2 fully saturated rings. The molecule has 1 aromatic carbocycles. The Morgan fingerprint density at radius 2 is 2.00 bits per heavy atom. The predicted octanol–water partition coefficient (Wildman–Crippen LogP) is 2.28. The fraction of sp³-hybridized carbons (Fsp3) is 0.444. The number of nitrogens with zero attached hydrogens (tertiary/aromatic N) is 1. The first-order chi connectivity index (χ1) is 11.5. The van der Waals surface area contributed by atoms with Gasteiger partial charge in [-0.3, -0.25) is 9.78 Å². The number of rotatable bonds is 4. The number of nitrogens with one attached hydrogen (secondary N) is 1. The summed E-state index contributed by atoms with van der Waals surface area (Å²) >= 11 is 0. The highest BCUT2D eigenvalue weighted by Gasteiger charge is 2.29. The van der Waals surface area contributed by atoms with Gasteiger partial charge in [0.1, 0.15) is 0 Å². The third kappa shape index (κ3) is 3.15. The molecule has 1 N–H and O–H groups in total. The SMILES string of the molecule is O=C(NCC1CCS(=O)(=O)C1)c1cc(C2CC2)nc2ccccc12. The summed E-state index contributed by atoms with van der Waals surface area (Å²) in [5.41, 5.74) is 2.47. The number of hydrogen-bond acceptors (Lipinski definition) is 4. The molecule has 0 spiro atoms. The van der Waals surface area contributed by atoms with Gasteiger partial charge in [0.05, 0.1) is 22.6 Å². The van der Waals surface area contributed by atoms with Crippen LogP contribution in [0.3, 0.4) is 0 Å². The smallest absolute Gasteiger partial charge is 0.252 e. The molecule has 1 unspecified atom stereocenters. The molecule has 0 radical (unpaired) electrons. The Morgan fingerprint density at radius 1 is 1.21 bits per heavy atom. The summed E-state index contributed by atoms with van der Waals surface area (Å²) in [4.78, 5) is 17.4. The lowest BCUT2D eigenvalue weighted by Crippen LogP contribution is -2.30. The zero-order valence-electron chi connectivity index (χ0n) is 13.4. The second-order valence-electron chi connectivity index (χ2n) is 6.87. The maximum absolute atomic E-state index is 12.7. The minimum absolute atomic E-state index is 0.0231. The summed E-state index contributed by atoms with van der Waals surface area (Å²) in [5.74, 6) is 0.769. The van der Waals surface area contributed by atoms with E-state index in [1.165, 1.54) is 0 Å². The molecule has 1 amide bonds. The number of para-hydroxylation sites is 1. The number of carbonyl (C=O) groups excluding carboxylic acids is 1. The van der Waals surface area contributed by atoms with Crippen molar-refractivity contribution in [1.29, 1.82) is 0 Å². The third-order valence-corrected chi connectivity index (χ3v) is 6.69. The summed E-state index contributed by atoms with van der Waals surface area (Å²) in [7, 11) is -2.91. The quantitative estimate of drug-likeness (QED) is 0.923. The number of pyridine rings is 1. The molecule has 1 atom stereocenters. The van der Waals surface area contributed by atoms with Crippen LogP contribution in [-0.2, 0) is 9.84 Å². The van der Waals surface area contributed by atoms with E-state index in [2.05, 4.69) is 10.3 Å². The van der Waals surface area contributed by atoms with Crippen molar-refractivity contribution in [2.75, 3.05) is 18.1 Å². The topological polar surface area (TPSA) is 76.1 Å². The van der Waals surface area contributed by atoms with Crippen molar-refractivity contribution >= 4 is 26.6 Å². The van der Waals surface area contributed by atoms with E-state index in [1.807, 2.05) is 30.3 Å². The highest BCUT2D eigenvalue weighted by molar-refractivity contribution is 7.91. The van der Waals surface area contributed by atoms with E-state index in [0.29, 0.717) is 24.4 Å². The first-order valence-electron chi connectivity index (χ1n) is 8.40. The number of carbonyl (C=O) groups is 1. The number of aromatic nitrogens is 1. The molecule has 2 heterocycles. The number of hydrogen-bond donors (Lipinski definition) is 1. The molecule has 126 valence electrons. The molecule has 4 rings (SSSR count). The molecule has 1 aromatic heterocycles. The van der Waals surface area contributed by atoms with Crippen LogP contribution in [0.15, 0.2) is 30.3 Å². The minimum atomic E-state index is -2.91. The van der Waals surface area contributed by atoms with Crippen molar-refractivity contribution in [3.63, 3.8) is 0 Å². The van der Waals surface area contributed by atoms with Crippen LogP contribution in [0.5, 0.6) is 0 Å². The molecule has 24 heavy (non-hydrogen) atoms. The van der Waals surface area contributed by atoms with Crippen LogP contribution in [0.1, 0.15) is 41.2 Å². The van der Waals surface area contributed by atoms with E-state index >= 15 is 0 Å². The summed E-state index contributed by atoms with van der Waals surface area (Å²) < 4.78 is 23.1. The van der Waals surface area contributed by atoms with Gasteiger partial charge in [-0.1, -0.05) is 18.2 Å². The molecule has 6 heteroatoms. The summed E-state index contributed by atoms with van der Waals surface area (Å²) in [6.07, 6.45) is 2.89. The lowest BCUT2D eigenvalue weighted by molar-refractivity contribution is 0.0950. The van der Waals surface area contributed by atoms with E-state index in [1.54, 1.807) is 0 Å². The van der Waals surface area contributed by atoms with Crippen LogP contribution >= 0.6 is 0 Å². The Labute approximate surface area is 141 Å². The van der Waals surface area contributed by atoms with E-state index < -0.39 is 9.84 Å². The zero-order chi connectivity index (χ0) is 16.7. The Balaban J connectivity index is 1.57. The van der Waals surface area contributed by atoms with Crippen LogP contribution in [0.25, 0.3) is 10.9 Å². The standard InChI is InChI=1S/C18H20N2O3S/c21-18(19-10-12-7-8-24(22,23)11-12)15-9-17(13-5-6-13)20-16-4-2-1-3-14(15)16/h1-4,9,12-13H,5-8,10-11H2,(H,19,21). The number of benzene rings is 1. The Kier molecular flexibility index (Phi) is 3.79. The Hall–Kier alpha value is -1.95. The second kappa shape index (κ2) is 5.84. The molecule has 1 saturated carbocycles. The van der Waals surface area contributed by atoms with Crippen LogP contribution in [-0.4, -0.2) is 37.4 Å². The molecular formula is C18H20N2O3S. The molecule has 2 aliphatic rings. The van der Waals surface area contributed by atoms with Crippen LogP contribution in [0, 0.1) is 5.92 Å². The van der Waals surface area contributed by atoms with Gasteiger partial charge in [0, 0.05) is 23.5 Å². The van der Waals surface area contributed by atoms with Gasteiger partial charge < -0.3 is 5.32 Å². The van der Waals surface area contributed by atoms with Crippen molar-refractivity contribution in [3.05, 3.63) is 41.6 Å². The fourth-order valence-electron chi connectivity index (χ4n) is 3.34. The van der Waals surface area contributed by atoms with Crippen molar-refractivity contribution in [1.82, 2.24) is 10.3 Å². The van der Waals surface area contributed by atoms with E-state index in [0.717, 1.165) is 29.4 Å². The molecule has 1 saturated heterocycles. The van der Waals surface area contributed by atoms with Crippen molar-refractivity contribution in [3.8, 4) is 0 Å². The summed E-state index contributed by atoms with van der Waals surface area (Å²) in [5, 5.41) is 3.77. The fourth-order valence-corrected chi connectivity index (χ4v) is 5.20. The normalized spacial score (nSPS) is 22.6. The third-order valence-electron chi connectivity index (χ3n) is 4.85. The molecule has 1 aliphatic heterocycles. The molecule has 0 bridgehead atoms. The van der Waals surface area contributed by atoms with Gasteiger partial charge in [-0.15, -0.1) is 0 Å². The van der Waals surface area contributed by atoms with E-state index in [-0.39, 0.29) is 23.3 Å². The minimum Gasteiger partial charge on any atom is -0.352 e. The van der Waals surface area contributed by atoms with Crippen molar-refractivity contribution < 1.29 is 13.2 Å². The average molecular weight is 344 g/mol. The number of sulfone groups is 1. The second-order valence-corrected chi connectivity index (χ2v) is 9.09. The van der Waals surface area contributed by atoms with Crippen molar-refractivity contribution in [2.24, 2.45) is 5.92 Å². The summed E-state index contributed by atoms with van der Waals surface area (Å²) in [6.45, 7) is 0.410. The van der Waals surface area contributed by atoms with E-state index in [4.69, 9.17) is 0 Å². The van der Waals surface area contributed by atoms with Crippen molar-refractivity contribution in [2.45, 2.75) is 25.2 Å². The van der Waals surface area contributed by atoms with Crippen LogP contribution < -0.4 is 5.32 Å². The first-order valence-corrected chi connectivity index (χ1v) is 10.2. The predicted molar refractivity (Wildman–Crippen MR) is 92.8 cm³/mol.